The van der Waals surface area contributed by atoms with Crippen LogP contribution in [0.3, 0.4) is 0 Å². The summed E-state index contributed by atoms with van der Waals surface area (Å²) in [6, 6.07) is 1.58. The number of halogens is 5. The average molecular weight is 432 g/mol. The molecular formula is C14H14Cl2F3N3OS2. The molecule has 11 heteroatoms. The maximum atomic E-state index is 12.9. The van der Waals surface area contributed by atoms with E-state index < -0.39 is 22.5 Å². The van der Waals surface area contributed by atoms with Crippen LogP contribution in [0, 0.1) is 0 Å². The molecule has 1 atom stereocenters. The molecule has 0 fully saturated rings. The van der Waals surface area contributed by atoms with Gasteiger partial charge in [0.1, 0.15) is 16.4 Å². The van der Waals surface area contributed by atoms with Crippen LogP contribution in [0.15, 0.2) is 23.2 Å². The van der Waals surface area contributed by atoms with Crippen LogP contribution in [0.5, 0.6) is 0 Å². The van der Waals surface area contributed by atoms with E-state index in [4.69, 9.17) is 23.2 Å². The van der Waals surface area contributed by atoms with Crippen LogP contribution in [0.2, 0.25) is 10.0 Å². The molecule has 0 saturated carbocycles. The number of benzene rings is 1. The third-order valence-corrected chi connectivity index (χ3v) is 5.31. The maximum absolute atomic E-state index is 12.9. The van der Waals surface area contributed by atoms with E-state index in [-0.39, 0.29) is 15.7 Å². The predicted octanol–water partition coefficient (Wildman–Crippen LogP) is 4.71. The molecule has 0 radical (unpaired) electrons. The lowest BCUT2D eigenvalue weighted by Gasteiger charge is -2.15. The predicted molar refractivity (Wildman–Crippen MR) is 97.8 cm³/mol. The molecule has 0 saturated heterocycles. The van der Waals surface area contributed by atoms with Gasteiger partial charge in [-0.15, -0.1) is 0 Å². The Kier molecular flexibility index (Phi) is 6.69. The minimum atomic E-state index is -4.56. The molecule has 0 aliphatic carbocycles. The van der Waals surface area contributed by atoms with Gasteiger partial charge >= 0.3 is 6.18 Å². The Bertz CT molecular complexity index is 773. The van der Waals surface area contributed by atoms with Crippen LogP contribution in [-0.2, 0) is 17.0 Å². The first-order valence-corrected chi connectivity index (χ1v) is 10.6. The summed E-state index contributed by atoms with van der Waals surface area (Å²) in [6.45, 7) is 0.549. The van der Waals surface area contributed by atoms with Crippen LogP contribution in [-0.4, -0.2) is 38.8 Å². The maximum Gasteiger partial charge on any atom is 0.416 e. The van der Waals surface area contributed by atoms with Gasteiger partial charge in [0, 0.05) is 18.6 Å². The standard InChI is InChI=1S/C14H14Cl2F3N3OS2/c1-24-4-3-20-13-11(25(2)23)7-21-22(13)12-9(15)5-8(6-10(12)16)14(17,18)19/h5-7,20H,3-4H2,1-2H3. The second-order valence-electron chi connectivity index (χ2n) is 4.93. The van der Waals surface area contributed by atoms with Gasteiger partial charge in [-0.05, 0) is 18.4 Å². The summed E-state index contributed by atoms with van der Waals surface area (Å²) in [7, 11) is -1.35. The van der Waals surface area contributed by atoms with Crippen molar-refractivity contribution in [3.63, 3.8) is 0 Å². The lowest BCUT2D eigenvalue weighted by molar-refractivity contribution is -0.137. The normalized spacial score (nSPS) is 13.1. The minimum absolute atomic E-state index is 0.0969. The molecule has 0 aliphatic heterocycles. The fourth-order valence-corrected chi connectivity index (χ4v) is 3.66. The smallest absolute Gasteiger partial charge is 0.368 e. The number of anilines is 1. The largest absolute Gasteiger partial charge is 0.416 e. The summed E-state index contributed by atoms with van der Waals surface area (Å²) in [4.78, 5) is 0.410. The average Bonchev–Trinajstić information content (AvgIpc) is 2.90. The highest BCUT2D eigenvalue weighted by molar-refractivity contribution is 7.98. The Balaban J connectivity index is 2.56. The summed E-state index contributed by atoms with van der Waals surface area (Å²) >= 11 is 13.7. The molecule has 0 spiro atoms. The van der Waals surface area contributed by atoms with E-state index in [1.54, 1.807) is 11.8 Å². The van der Waals surface area contributed by atoms with E-state index >= 15 is 0 Å². The molecule has 0 aliphatic rings. The topological polar surface area (TPSA) is 46.9 Å². The zero-order chi connectivity index (χ0) is 18.8. The van der Waals surface area contributed by atoms with Crippen molar-refractivity contribution in [1.82, 2.24) is 9.78 Å². The van der Waals surface area contributed by atoms with Crippen molar-refractivity contribution in [2.24, 2.45) is 0 Å². The number of thioether (sulfide) groups is 1. The van der Waals surface area contributed by atoms with Crippen molar-refractivity contribution in [3.8, 4) is 5.69 Å². The van der Waals surface area contributed by atoms with Crippen molar-refractivity contribution in [2.75, 3.05) is 30.1 Å². The highest BCUT2D eigenvalue weighted by Gasteiger charge is 2.32. The summed E-state index contributed by atoms with van der Waals surface area (Å²) in [6.07, 6.45) is 0.228. The second kappa shape index (κ2) is 8.20. The molecule has 2 aromatic rings. The van der Waals surface area contributed by atoms with Crippen LogP contribution < -0.4 is 5.32 Å². The van der Waals surface area contributed by atoms with Gasteiger partial charge in [0.2, 0.25) is 0 Å². The zero-order valence-electron chi connectivity index (χ0n) is 13.2. The van der Waals surface area contributed by atoms with Crippen LogP contribution in [0.4, 0.5) is 19.0 Å². The molecule has 1 unspecified atom stereocenters. The van der Waals surface area contributed by atoms with E-state index in [0.717, 1.165) is 17.9 Å². The molecule has 1 N–H and O–H groups in total. The fourth-order valence-electron chi connectivity index (χ4n) is 2.08. The molecule has 138 valence electrons. The summed E-state index contributed by atoms with van der Waals surface area (Å²) in [5.74, 6) is 1.16. The summed E-state index contributed by atoms with van der Waals surface area (Å²) < 4.78 is 51.8. The molecule has 1 aromatic heterocycles. The number of hydrogen-bond acceptors (Lipinski definition) is 4. The van der Waals surface area contributed by atoms with E-state index in [2.05, 4.69) is 10.4 Å². The van der Waals surface area contributed by atoms with Gasteiger partial charge in [0.05, 0.1) is 32.6 Å². The minimum Gasteiger partial charge on any atom is -0.368 e. The number of rotatable bonds is 6. The van der Waals surface area contributed by atoms with E-state index in [0.29, 0.717) is 17.3 Å². The summed E-state index contributed by atoms with van der Waals surface area (Å²) in [5, 5.41) is 6.78. The van der Waals surface area contributed by atoms with Gasteiger partial charge in [-0.25, -0.2) is 4.68 Å². The Morgan fingerprint density at radius 3 is 2.40 bits per heavy atom. The van der Waals surface area contributed by atoms with Crippen LogP contribution in [0.25, 0.3) is 5.69 Å². The van der Waals surface area contributed by atoms with Crippen molar-refractivity contribution < 1.29 is 17.4 Å². The van der Waals surface area contributed by atoms with Gasteiger partial charge < -0.3 is 5.32 Å². The Hall–Kier alpha value is -0.900. The third kappa shape index (κ3) is 4.64. The third-order valence-electron chi connectivity index (χ3n) is 3.20. The Labute approximate surface area is 159 Å². The number of alkyl halides is 3. The molecule has 4 nitrogen and oxygen atoms in total. The molecule has 0 bridgehead atoms. The lowest BCUT2D eigenvalue weighted by atomic mass is 10.2. The lowest BCUT2D eigenvalue weighted by Crippen LogP contribution is -2.12. The fraction of sp³-hybridized carbons (Fsp3) is 0.357. The van der Waals surface area contributed by atoms with Crippen LogP contribution in [0.1, 0.15) is 5.56 Å². The summed E-state index contributed by atoms with van der Waals surface area (Å²) in [5.41, 5.74) is -0.853. The molecular weight excluding hydrogens is 418 g/mol. The van der Waals surface area contributed by atoms with Crippen LogP contribution >= 0.6 is 35.0 Å². The first kappa shape index (κ1) is 20.4. The quantitative estimate of drug-likeness (QED) is 0.672. The monoisotopic (exact) mass is 431 g/mol. The molecule has 1 heterocycles. The SMILES string of the molecule is CSCCNc1c(S(C)=O)cnn1-c1c(Cl)cc(C(F)(F)F)cc1Cl. The zero-order valence-corrected chi connectivity index (χ0v) is 16.3. The highest BCUT2D eigenvalue weighted by Crippen LogP contribution is 2.38. The Morgan fingerprint density at radius 2 is 1.92 bits per heavy atom. The van der Waals surface area contributed by atoms with Crippen molar-refractivity contribution in [1.29, 1.82) is 0 Å². The van der Waals surface area contributed by atoms with Gasteiger partial charge in [0.15, 0.2) is 0 Å². The number of aromatic nitrogens is 2. The van der Waals surface area contributed by atoms with Gasteiger partial charge in [0.25, 0.3) is 0 Å². The number of hydrogen-bond donors (Lipinski definition) is 1. The Morgan fingerprint density at radius 1 is 1.32 bits per heavy atom. The first-order valence-electron chi connectivity index (χ1n) is 6.87. The van der Waals surface area contributed by atoms with Crippen molar-refractivity contribution in [2.45, 2.75) is 11.1 Å². The van der Waals surface area contributed by atoms with Crippen molar-refractivity contribution >= 4 is 51.6 Å². The second-order valence-corrected chi connectivity index (χ2v) is 8.08. The van der Waals surface area contributed by atoms with E-state index in [9.17, 15) is 17.4 Å². The molecule has 25 heavy (non-hydrogen) atoms. The van der Waals surface area contributed by atoms with Gasteiger partial charge in [-0.2, -0.15) is 30.0 Å². The van der Waals surface area contributed by atoms with Crippen molar-refractivity contribution in [3.05, 3.63) is 33.9 Å². The first-order chi connectivity index (χ1) is 11.7. The number of nitrogens with one attached hydrogen (secondary N) is 1. The molecule has 1 aromatic carbocycles. The molecule has 0 amide bonds. The van der Waals surface area contributed by atoms with Gasteiger partial charge in [-0.3, -0.25) is 4.21 Å². The number of nitrogens with zero attached hydrogens (tertiary/aromatic N) is 2. The van der Waals surface area contributed by atoms with E-state index in [1.807, 2.05) is 6.26 Å². The van der Waals surface area contributed by atoms with E-state index in [1.165, 1.54) is 17.1 Å². The van der Waals surface area contributed by atoms with Gasteiger partial charge in [-0.1, -0.05) is 23.2 Å². The highest BCUT2D eigenvalue weighted by atomic mass is 35.5. The molecule has 2 rings (SSSR count).